The van der Waals surface area contributed by atoms with Crippen LogP contribution in [0.25, 0.3) is 10.9 Å². The van der Waals surface area contributed by atoms with Crippen LogP contribution in [-0.4, -0.2) is 25.4 Å². The topological polar surface area (TPSA) is 119 Å². The number of rotatable bonds is 5. The second-order valence-corrected chi connectivity index (χ2v) is 9.56. The minimum absolute atomic E-state index is 0.0178. The molecule has 2 aromatic carbocycles. The zero-order valence-electron chi connectivity index (χ0n) is 14.2. The van der Waals surface area contributed by atoms with Gasteiger partial charge in [-0.15, -0.1) is 0 Å². The van der Waals surface area contributed by atoms with Crippen LogP contribution in [0.3, 0.4) is 0 Å². The van der Waals surface area contributed by atoms with Crippen molar-refractivity contribution in [3.05, 3.63) is 71.4 Å². The Morgan fingerprint density at radius 2 is 1.89 bits per heavy atom. The van der Waals surface area contributed by atoms with E-state index in [2.05, 4.69) is 36.8 Å². The molecule has 0 radical (unpaired) electrons. The maximum Gasteiger partial charge on any atom is 0.311 e. The number of nitrogens with one attached hydrogen (secondary N) is 1. The normalized spacial score (nSPS) is 11.5. The highest BCUT2D eigenvalue weighted by molar-refractivity contribution is 9.11. The molecular weight excluding hydrogens is 520 g/mol. The molecule has 3 aromatic rings. The van der Waals surface area contributed by atoms with Crippen LogP contribution in [0.1, 0.15) is 5.56 Å². The van der Waals surface area contributed by atoms with Crippen molar-refractivity contribution in [3.63, 3.8) is 0 Å². The first kappa shape index (κ1) is 20.5. The minimum atomic E-state index is -4.06. The molecule has 0 aliphatic rings. The molecule has 0 bridgehead atoms. The third-order valence-corrected chi connectivity index (χ3v) is 6.77. The lowest BCUT2D eigenvalue weighted by Crippen LogP contribution is -2.19. The molecule has 146 valence electrons. The van der Waals surface area contributed by atoms with E-state index in [0.717, 1.165) is 6.07 Å². The van der Waals surface area contributed by atoms with Crippen molar-refractivity contribution in [2.75, 3.05) is 7.11 Å². The van der Waals surface area contributed by atoms with Gasteiger partial charge in [0.25, 0.3) is 5.56 Å². The number of nitro benzene ring substituents is 1. The Morgan fingerprint density at radius 3 is 2.54 bits per heavy atom. The van der Waals surface area contributed by atoms with Crippen LogP contribution in [0.4, 0.5) is 5.69 Å². The summed E-state index contributed by atoms with van der Waals surface area (Å²) in [5, 5.41) is 11.7. The average Bonchev–Trinajstić information content (AvgIpc) is 2.60. The fourth-order valence-corrected chi connectivity index (χ4v) is 5.46. The fourth-order valence-electron chi connectivity index (χ4n) is 2.71. The number of nitrogens with zero attached hydrogens (tertiary/aromatic N) is 1. The van der Waals surface area contributed by atoms with Crippen LogP contribution in [0.15, 0.2) is 55.0 Å². The Kier molecular flexibility index (Phi) is 5.60. The highest BCUT2D eigenvalue weighted by atomic mass is 79.9. The monoisotopic (exact) mass is 530 g/mol. The van der Waals surface area contributed by atoms with Crippen molar-refractivity contribution >= 4 is 58.3 Å². The number of nitro groups is 1. The first-order chi connectivity index (χ1) is 13.1. The first-order valence-corrected chi connectivity index (χ1v) is 10.9. The molecule has 0 aliphatic carbocycles. The maximum atomic E-state index is 12.8. The van der Waals surface area contributed by atoms with E-state index in [0.29, 0.717) is 19.8 Å². The van der Waals surface area contributed by atoms with Gasteiger partial charge in [0.05, 0.1) is 23.3 Å². The van der Waals surface area contributed by atoms with Crippen molar-refractivity contribution in [2.24, 2.45) is 0 Å². The summed E-state index contributed by atoms with van der Waals surface area (Å²) in [6.07, 6.45) is 0. The number of fused-ring (bicyclic) bond motifs is 1. The Bertz CT molecular complexity index is 1270. The molecule has 1 N–H and O–H groups in total. The van der Waals surface area contributed by atoms with E-state index >= 15 is 0 Å². The second-order valence-electron chi connectivity index (χ2n) is 5.83. The lowest BCUT2D eigenvalue weighted by Gasteiger charge is -2.08. The number of aromatic nitrogens is 1. The molecule has 1 aromatic heterocycles. The molecule has 28 heavy (non-hydrogen) atoms. The molecule has 0 saturated carbocycles. The van der Waals surface area contributed by atoms with Gasteiger partial charge in [-0.2, -0.15) is 0 Å². The summed E-state index contributed by atoms with van der Waals surface area (Å²) >= 11 is 6.65. The van der Waals surface area contributed by atoms with Crippen LogP contribution < -0.4 is 10.3 Å². The van der Waals surface area contributed by atoms with Crippen LogP contribution >= 0.6 is 31.9 Å². The van der Waals surface area contributed by atoms with Gasteiger partial charge in [-0.3, -0.25) is 14.9 Å². The van der Waals surface area contributed by atoms with E-state index in [-0.39, 0.29) is 17.0 Å². The Labute approximate surface area is 175 Å². The number of benzene rings is 2. The molecular formula is C17H12Br2N2O6S. The van der Waals surface area contributed by atoms with Crippen molar-refractivity contribution in [1.82, 2.24) is 4.98 Å². The number of aromatic amines is 1. The lowest BCUT2D eigenvalue weighted by molar-refractivity contribution is -0.385. The molecule has 0 fully saturated rings. The summed E-state index contributed by atoms with van der Waals surface area (Å²) in [5.41, 5.74) is -0.483. The van der Waals surface area contributed by atoms with E-state index in [9.17, 15) is 23.3 Å². The van der Waals surface area contributed by atoms with Gasteiger partial charge in [0, 0.05) is 20.4 Å². The molecule has 0 spiro atoms. The van der Waals surface area contributed by atoms with Gasteiger partial charge in [0.15, 0.2) is 15.6 Å². The summed E-state index contributed by atoms with van der Waals surface area (Å²) in [6.45, 7) is 0. The van der Waals surface area contributed by atoms with Crippen LogP contribution in [0.2, 0.25) is 0 Å². The van der Waals surface area contributed by atoms with Crippen LogP contribution in [0, 0.1) is 10.1 Å². The number of halogens is 2. The number of hydrogen-bond acceptors (Lipinski definition) is 6. The highest BCUT2D eigenvalue weighted by Gasteiger charge is 2.23. The van der Waals surface area contributed by atoms with Crippen LogP contribution in [-0.2, 0) is 15.6 Å². The molecule has 0 amide bonds. The smallest absolute Gasteiger partial charge is 0.311 e. The minimum Gasteiger partial charge on any atom is -0.490 e. The molecule has 0 saturated heterocycles. The van der Waals surface area contributed by atoms with Gasteiger partial charge < -0.3 is 9.72 Å². The zero-order valence-corrected chi connectivity index (χ0v) is 18.2. The number of hydrogen-bond donors (Lipinski definition) is 1. The van der Waals surface area contributed by atoms with E-state index in [1.165, 1.54) is 25.3 Å². The van der Waals surface area contributed by atoms with Gasteiger partial charge >= 0.3 is 5.69 Å². The summed E-state index contributed by atoms with van der Waals surface area (Å²) < 4.78 is 31.9. The van der Waals surface area contributed by atoms with Crippen molar-refractivity contribution in [3.8, 4) is 5.75 Å². The molecule has 0 atom stereocenters. The van der Waals surface area contributed by atoms with Crippen molar-refractivity contribution in [2.45, 2.75) is 10.6 Å². The lowest BCUT2D eigenvalue weighted by atomic mass is 10.2. The van der Waals surface area contributed by atoms with E-state index in [4.69, 9.17) is 4.74 Å². The third-order valence-electron chi connectivity index (χ3n) is 3.97. The second kappa shape index (κ2) is 7.64. The zero-order chi connectivity index (χ0) is 20.6. The molecule has 1 heterocycles. The molecule has 0 unspecified atom stereocenters. The summed E-state index contributed by atoms with van der Waals surface area (Å²) in [5.74, 6) is -0.551. The van der Waals surface area contributed by atoms with Gasteiger partial charge in [-0.1, -0.05) is 37.9 Å². The fraction of sp³-hybridized carbons (Fsp3) is 0.118. The Hall–Kier alpha value is -2.24. The largest absolute Gasteiger partial charge is 0.490 e. The van der Waals surface area contributed by atoms with Crippen molar-refractivity contribution in [1.29, 1.82) is 0 Å². The Morgan fingerprint density at radius 1 is 1.18 bits per heavy atom. The first-order valence-electron chi connectivity index (χ1n) is 7.68. The third kappa shape index (κ3) is 3.96. The number of ether oxygens (including phenoxy) is 1. The van der Waals surface area contributed by atoms with Gasteiger partial charge in [0.1, 0.15) is 4.90 Å². The molecule has 0 aliphatic heterocycles. The van der Waals surface area contributed by atoms with E-state index < -0.39 is 31.0 Å². The van der Waals surface area contributed by atoms with Gasteiger partial charge in [0.2, 0.25) is 0 Å². The predicted molar refractivity (Wildman–Crippen MR) is 111 cm³/mol. The SMILES string of the molecule is COc1ccc(CS(=O)(=O)c2cc3c(Br)cc(Br)cc3[nH]c2=O)cc1[N+](=O)[O-]. The summed E-state index contributed by atoms with van der Waals surface area (Å²) in [4.78, 5) is 25.0. The van der Waals surface area contributed by atoms with Crippen molar-refractivity contribution < 1.29 is 18.1 Å². The average molecular weight is 532 g/mol. The number of sulfone groups is 1. The Balaban J connectivity index is 2.09. The standard InChI is InChI=1S/C17H12Br2N2O6S/c1-27-15-3-2-9(4-14(15)21(23)24)8-28(25,26)16-7-11-12(19)5-10(18)6-13(11)20-17(16)22/h2-7H,8H2,1H3,(H,20,22). The van der Waals surface area contributed by atoms with Gasteiger partial charge in [-0.05, 0) is 29.8 Å². The molecule has 3 rings (SSSR count). The highest BCUT2D eigenvalue weighted by Crippen LogP contribution is 2.30. The van der Waals surface area contributed by atoms with E-state index in [1.807, 2.05) is 0 Å². The predicted octanol–water partition coefficient (Wildman–Crippen LogP) is 3.94. The molecule has 8 nitrogen and oxygen atoms in total. The number of pyridine rings is 1. The summed E-state index contributed by atoms with van der Waals surface area (Å²) in [6, 6.07) is 8.53. The molecule has 11 heteroatoms. The van der Waals surface area contributed by atoms with Gasteiger partial charge in [-0.25, -0.2) is 8.42 Å². The number of H-pyrrole nitrogens is 1. The number of methoxy groups -OCH3 is 1. The maximum absolute atomic E-state index is 12.8. The van der Waals surface area contributed by atoms with E-state index in [1.54, 1.807) is 12.1 Å². The van der Waals surface area contributed by atoms with Crippen LogP contribution in [0.5, 0.6) is 5.75 Å². The summed E-state index contributed by atoms with van der Waals surface area (Å²) in [7, 11) is -2.78. The quantitative estimate of drug-likeness (QED) is 0.393.